The second kappa shape index (κ2) is 43.4. The summed E-state index contributed by atoms with van der Waals surface area (Å²) in [5.41, 5.74) is 0. The SMILES string of the molecule is CC\C=C/C=C/C=C/C=C\C=C\C=C\CCCCCC(=O)OC(CCCCCCCCCCCCC)CC(=O)NC(CO)C(O)CCCCCCCCCCC. The average molecular weight is 782 g/mol. The van der Waals surface area contributed by atoms with Gasteiger partial charge in [-0.25, -0.2) is 0 Å². The third-order valence-corrected chi connectivity index (χ3v) is 10.2. The maximum Gasteiger partial charge on any atom is 0.306 e. The fourth-order valence-electron chi connectivity index (χ4n) is 6.70. The van der Waals surface area contributed by atoms with E-state index in [0.717, 1.165) is 70.6 Å². The molecule has 0 aliphatic carbocycles. The minimum Gasteiger partial charge on any atom is -0.462 e. The van der Waals surface area contributed by atoms with Gasteiger partial charge in [-0.05, 0) is 44.9 Å². The monoisotopic (exact) mass is 782 g/mol. The summed E-state index contributed by atoms with van der Waals surface area (Å²) < 4.78 is 5.89. The van der Waals surface area contributed by atoms with Crippen LogP contribution in [-0.2, 0) is 14.3 Å². The molecular formula is C50H87NO5. The zero-order valence-electron chi connectivity index (χ0n) is 36.5. The lowest BCUT2D eigenvalue weighted by atomic mass is 10.0. The summed E-state index contributed by atoms with van der Waals surface area (Å²) >= 11 is 0. The zero-order chi connectivity index (χ0) is 41.0. The van der Waals surface area contributed by atoms with Crippen LogP contribution in [0.5, 0.6) is 0 Å². The minimum atomic E-state index is -0.794. The van der Waals surface area contributed by atoms with Crippen molar-refractivity contribution in [3.63, 3.8) is 0 Å². The molecule has 0 saturated carbocycles. The van der Waals surface area contributed by atoms with Gasteiger partial charge in [0.25, 0.3) is 0 Å². The van der Waals surface area contributed by atoms with Gasteiger partial charge in [0.15, 0.2) is 0 Å². The molecule has 1 amide bonds. The van der Waals surface area contributed by atoms with Crippen molar-refractivity contribution in [3.05, 3.63) is 72.9 Å². The highest BCUT2D eigenvalue weighted by atomic mass is 16.5. The molecule has 0 heterocycles. The fraction of sp³-hybridized carbons (Fsp3) is 0.720. The molecule has 0 aliphatic rings. The van der Waals surface area contributed by atoms with Crippen molar-refractivity contribution >= 4 is 11.9 Å². The van der Waals surface area contributed by atoms with E-state index in [0.29, 0.717) is 19.3 Å². The predicted molar refractivity (Wildman–Crippen MR) is 241 cm³/mol. The van der Waals surface area contributed by atoms with E-state index in [-0.39, 0.29) is 24.9 Å². The number of aliphatic hydroxyl groups excluding tert-OH is 2. The third kappa shape index (κ3) is 38.2. The Labute approximate surface area is 345 Å². The Kier molecular flexibility index (Phi) is 41.3. The molecule has 0 bridgehead atoms. The Bertz CT molecular complexity index is 1060. The molecule has 0 spiro atoms. The van der Waals surface area contributed by atoms with Crippen molar-refractivity contribution in [2.75, 3.05) is 6.61 Å². The van der Waals surface area contributed by atoms with Crippen LogP contribution in [-0.4, -0.2) is 46.9 Å². The van der Waals surface area contributed by atoms with Gasteiger partial charge in [-0.2, -0.15) is 0 Å². The first-order valence-electron chi connectivity index (χ1n) is 23.2. The number of ether oxygens (including phenoxy) is 1. The summed E-state index contributed by atoms with van der Waals surface area (Å²) in [6, 6.07) is -0.710. The van der Waals surface area contributed by atoms with Gasteiger partial charge in [-0.3, -0.25) is 9.59 Å². The molecule has 6 heteroatoms. The summed E-state index contributed by atoms with van der Waals surface area (Å²) in [4.78, 5) is 26.0. The maximum absolute atomic E-state index is 13.1. The summed E-state index contributed by atoms with van der Waals surface area (Å²) in [6.07, 6.45) is 53.8. The molecule has 56 heavy (non-hydrogen) atoms. The first kappa shape index (κ1) is 53.3. The van der Waals surface area contributed by atoms with Crippen LogP contribution in [0.2, 0.25) is 0 Å². The smallest absolute Gasteiger partial charge is 0.306 e. The van der Waals surface area contributed by atoms with Gasteiger partial charge in [-0.15, -0.1) is 0 Å². The molecule has 0 rings (SSSR count). The van der Waals surface area contributed by atoms with E-state index in [4.69, 9.17) is 4.74 Å². The first-order chi connectivity index (χ1) is 27.5. The molecule has 0 aliphatic heterocycles. The highest BCUT2D eigenvalue weighted by Crippen LogP contribution is 2.17. The molecule has 0 aromatic rings. The van der Waals surface area contributed by atoms with E-state index < -0.39 is 18.2 Å². The highest BCUT2D eigenvalue weighted by Gasteiger charge is 2.24. The lowest BCUT2D eigenvalue weighted by Crippen LogP contribution is -2.46. The van der Waals surface area contributed by atoms with Gasteiger partial charge < -0.3 is 20.3 Å². The molecule has 0 aromatic carbocycles. The van der Waals surface area contributed by atoms with Crippen LogP contribution in [0.25, 0.3) is 0 Å². The Morgan fingerprint density at radius 3 is 1.45 bits per heavy atom. The number of hydrogen-bond donors (Lipinski definition) is 3. The van der Waals surface area contributed by atoms with Crippen LogP contribution in [0.3, 0.4) is 0 Å². The summed E-state index contributed by atoms with van der Waals surface area (Å²) in [6.45, 7) is 6.29. The molecular weight excluding hydrogens is 695 g/mol. The average Bonchev–Trinajstić information content (AvgIpc) is 3.19. The van der Waals surface area contributed by atoms with E-state index >= 15 is 0 Å². The Balaban J connectivity index is 4.67. The van der Waals surface area contributed by atoms with Crippen molar-refractivity contribution < 1.29 is 24.5 Å². The zero-order valence-corrected chi connectivity index (χ0v) is 36.5. The predicted octanol–water partition coefficient (Wildman–Crippen LogP) is 13.4. The fourth-order valence-corrected chi connectivity index (χ4v) is 6.70. The number of carbonyl (C=O) groups is 2. The number of nitrogens with one attached hydrogen (secondary N) is 1. The maximum atomic E-state index is 13.1. The third-order valence-electron chi connectivity index (χ3n) is 10.2. The lowest BCUT2D eigenvalue weighted by Gasteiger charge is -2.24. The quantitative estimate of drug-likeness (QED) is 0.0327. The van der Waals surface area contributed by atoms with Gasteiger partial charge in [0.05, 0.1) is 25.2 Å². The van der Waals surface area contributed by atoms with Gasteiger partial charge in [0.1, 0.15) is 6.10 Å². The molecule has 6 nitrogen and oxygen atoms in total. The number of unbranched alkanes of at least 4 members (excludes halogenated alkanes) is 21. The van der Waals surface area contributed by atoms with Crippen molar-refractivity contribution in [2.24, 2.45) is 0 Å². The van der Waals surface area contributed by atoms with Crippen molar-refractivity contribution in [3.8, 4) is 0 Å². The molecule has 0 fully saturated rings. The van der Waals surface area contributed by atoms with Gasteiger partial charge in [0.2, 0.25) is 5.91 Å². The summed E-state index contributed by atoms with van der Waals surface area (Å²) in [7, 11) is 0. The number of esters is 1. The van der Waals surface area contributed by atoms with E-state index in [9.17, 15) is 19.8 Å². The van der Waals surface area contributed by atoms with Crippen LogP contribution in [0.1, 0.15) is 207 Å². The summed E-state index contributed by atoms with van der Waals surface area (Å²) in [5.74, 6) is -0.529. The van der Waals surface area contributed by atoms with Gasteiger partial charge >= 0.3 is 5.97 Å². The van der Waals surface area contributed by atoms with Gasteiger partial charge in [0, 0.05) is 6.42 Å². The normalized spacial score (nSPS) is 14.0. The Hall–Kier alpha value is -2.70. The molecule has 0 saturated heterocycles. The second-order valence-corrected chi connectivity index (χ2v) is 15.6. The van der Waals surface area contributed by atoms with Crippen LogP contribution in [0.15, 0.2) is 72.9 Å². The molecule has 3 unspecified atom stereocenters. The number of rotatable bonds is 40. The molecule has 3 atom stereocenters. The summed E-state index contributed by atoms with van der Waals surface area (Å²) in [5, 5.41) is 23.6. The van der Waals surface area contributed by atoms with Crippen LogP contribution >= 0.6 is 0 Å². The second-order valence-electron chi connectivity index (χ2n) is 15.6. The molecule has 322 valence electrons. The van der Waals surface area contributed by atoms with Crippen LogP contribution in [0.4, 0.5) is 0 Å². The molecule has 0 aromatic heterocycles. The first-order valence-corrected chi connectivity index (χ1v) is 23.2. The van der Waals surface area contributed by atoms with E-state index in [1.165, 1.54) is 89.9 Å². The van der Waals surface area contributed by atoms with E-state index in [1.807, 2.05) is 54.7 Å². The number of hydrogen-bond acceptors (Lipinski definition) is 5. The number of allylic oxidation sites excluding steroid dienone is 12. The van der Waals surface area contributed by atoms with Crippen molar-refractivity contribution in [2.45, 2.75) is 225 Å². The topological polar surface area (TPSA) is 95.9 Å². The lowest BCUT2D eigenvalue weighted by molar-refractivity contribution is -0.151. The number of amides is 1. The Morgan fingerprint density at radius 1 is 0.536 bits per heavy atom. The van der Waals surface area contributed by atoms with Crippen molar-refractivity contribution in [1.82, 2.24) is 5.32 Å². The Morgan fingerprint density at radius 2 is 0.964 bits per heavy atom. The highest BCUT2D eigenvalue weighted by molar-refractivity contribution is 5.77. The van der Waals surface area contributed by atoms with E-state index in [1.54, 1.807) is 0 Å². The minimum absolute atomic E-state index is 0.0578. The van der Waals surface area contributed by atoms with Crippen molar-refractivity contribution in [1.29, 1.82) is 0 Å². The standard InChI is InChI=1S/C50H87NO5/c1-4-7-10-13-16-19-21-22-23-24-25-26-28-31-34-37-40-43-50(55)56-46(41-38-35-32-30-27-20-17-14-11-8-5-2)44-49(54)51-47(45-52)48(53)42-39-36-33-29-18-15-12-9-6-3/h7,10,13,16,19,21-26,28,46-48,52-53H,4-6,8-9,11-12,14-15,17-18,20,27,29-45H2,1-3H3,(H,51,54)/b10-7-,16-13+,21-19+,23-22-,25-24+,28-26+. The van der Waals surface area contributed by atoms with Crippen LogP contribution in [0, 0.1) is 0 Å². The van der Waals surface area contributed by atoms with Crippen LogP contribution < -0.4 is 5.32 Å². The van der Waals surface area contributed by atoms with Gasteiger partial charge in [-0.1, -0.05) is 222 Å². The number of carbonyl (C=O) groups excluding carboxylic acids is 2. The number of aliphatic hydroxyl groups is 2. The van der Waals surface area contributed by atoms with E-state index in [2.05, 4.69) is 44.3 Å². The molecule has 3 N–H and O–H groups in total. The molecule has 0 radical (unpaired) electrons. The largest absolute Gasteiger partial charge is 0.462 e.